The molecule has 10 nitrogen and oxygen atoms in total. The van der Waals surface area contributed by atoms with Crippen molar-refractivity contribution in [1.82, 2.24) is 0 Å². The third-order valence-electron chi connectivity index (χ3n) is 6.72. The number of allylic oxidation sites excluding steroid dienone is 1. The van der Waals surface area contributed by atoms with Crippen LogP contribution in [0.25, 0.3) is 0 Å². The van der Waals surface area contributed by atoms with Crippen molar-refractivity contribution >= 4 is 23.9 Å². The van der Waals surface area contributed by atoms with Crippen molar-refractivity contribution in [3.05, 3.63) is 23.8 Å². The SMILES string of the molecule is C=C1C(=O)OC2C3OC(C)(CCC(OC(C)=O)C3CO)CC(OC(=O)C(=CC)COC(C)=O)C12. The van der Waals surface area contributed by atoms with E-state index in [1.807, 2.05) is 6.92 Å². The fourth-order valence-corrected chi connectivity index (χ4v) is 5.02. The van der Waals surface area contributed by atoms with E-state index in [9.17, 15) is 24.3 Å². The van der Waals surface area contributed by atoms with E-state index in [4.69, 9.17) is 23.7 Å². The van der Waals surface area contributed by atoms with E-state index in [2.05, 4.69) is 6.58 Å². The molecule has 3 rings (SSSR count). The highest BCUT2D eigenvalue weighted by Crippen LogP contribution is 2.48. The van der Waals surface area contributed by atoms with E-state index in [0.29, 0.717) is 12.8 Å². The van der Waals surface area contributed by atoms with Gasteiger partial charge in [-0.05, 0) is 26.7 Å². The molecule has 10 heteroatoms. The zero-order chi connectivity index (χ0) is 25.2. The number of aliphatic hydroxyl groups excluding tert-OH is 1. The van der Waals surface area contributed by atoms with Gasteiger partial charge in [0.05, 0.1) is 23.7 Å². The molecule has 3 heterocycles. The molecule has 3 aliphatic rings. The number of esters is 4. The number of rotatable bonds is 6. The van der Waals surface area contributed by atoms with Crippen molar-refractivity contribution in [1.29, 1.82) is 0 Å². The van der Waals surface area contributed by atoms with Gasteiger partial charge < -0.3 is 28.8 Å². The summed E-state index contributed by atoms with van der Waals surface area (Å²) in [7, 11) is 0. The van der Waals surface area contributed by atoms with Crippen LogP contribution >= 0.6 is 0 Å². The Hall–Kier alpha value is -2.72. The summed E-state index contributed by atoms with van der Waals surface area (Å²) < 4.78 is 28.3. The highest BCUT2D eigenvalue weighted by Gasteiger charge is 2.58. The van der Waals surface area contributed by atoms with Gasteiger partial charge in [-0.2, -0.15) is 0 Å². The topological polar surface area (TPSA) is 135 Å². The molecule has 0 saturated carbocycles. The molecule has 3 fully saturated rings. The standard InChI is InChI=1S/C24H32O10/c1-6-15(11-30-13(3)26)23(29)32-18-9-24(5)8-7-17(31-14(4)27)16(10-25)20(34-24)21-19(18)12(2)22(28)33-21/h6,16-21,25H,2,7-11H2,1,3-5H3. The van der Waals surface area contributed by atoms with Crippen LogP contribution in [-0.4, -0.2) is 72.2 Å². The first-order valence-electron chi connectivity index (χ1n) is 11.3. The molecule has 7 atom stereocenters. The highest BCUT2D eigenvalue weighted by atomic mass is 16.6. The Bertz CT molecular complexity index is 892. The number of carbonyl (C=O) groups excluding carboxylic acids is 4. The van der Waals surface area contributed by atoms with E-state index >= 15 is 0 Å². The molecule has 0 amide bonds. The van der Waals surface area contributed by atoms with Gasteiger partial charge in [-0.25, -0.2) is 9.59 Å². The van der Waals surface area contributed by atoms with Crippen molar-refractivity contribution in [2.75, 3.05) is 13.2 Å². The van der Waals surface area contributed by atoms with Crippen molar-refractivity contribution in [2.24, 2.45) is 11.8 Å². The largest absolute Gasteiger partial charge is 0.462 e. The Morgan fingerprint density at radius 3 is 2.47 bits per heavy atom. The van der Waals surface area contributed by atoms with E-state index in [1.165, 1.54) is 19.9 Å². The molecule has 0 aromatic heterocycles. The lowest BCUT2D eigenvalue weighted by molar-refractivity contribution is -0.174. The zero-order valence-corrected chi connectivity index (χ0v) is 19.9. The van der Waals surface area contributed by atoms with Crippen molar-refractivity contribution < 1.29 is 48.0 Å². The summed E-state index contributed by atoms with van der Waals surface area (Å²) in [6.07, 6.45) is -0.549. The molecule has 188 valence electrons. The maximum atomic E-state index is 12.9. The lowest BCUT2D eigenvalue weighted by atomic mass is 9.78. The van der Waals surface area contributed by atoms with Gasteiger partial charge in [0.25, 0.3) is 0 Å². The Morgan fingerprint density at radius 2 is 1.88 bits per heavy atom. The van der Waals surface area contributed by atoms with Gasteiger partial charge in [0.15, 0.2) is 0 Å². The van der Waals surface area contributed by atoms with E-state index < -0.39 is 65.7 Å². The van der Waals surface area contributed by atoms with Crippen LogP contribution in [0.15, 0.2) is 23.8 Å². The molecule has 3 saturated heterocycles. The number of carbonyl (C=O) groups is 4. The molecule has 34 heavy (non-hydrogen) atoms. The summed E-state index contributed by atoms with van der Waals surface area (Å²) in [6.45, 7) is 9.28. The van der Waals surface area contributed by atoms with Crippen LogP contribution in [0.1, 0.15) is 47.0 Å². The molecule has 0 aromatic rings. The first kappa shape index (κ1) is 25.9. The minimum atomic E-state index is -0.893. The van der Waals surface area contributed by atoms with Crippen molar-refractivity contribution in [3.8, 4) is 0 Å². The van der Waals surface area contributed by atoms with E-state index in [-0.39, 0.29) is 30.8 Å². The van der Waals surface area contributed by atoms with Crippen molar-refractivity contribution in [3.63, 3.8) is 0 Å². The molecule has 7 unspecified atom stereocenters. The van der Waals surface area contributed by atoms with Crippen LogP contribution in [0.5, 0.6) is 0 Å². The molecular formula is C24H32O10. The summed E-state index contributed by atoms with van der Waals surface area (Å²) in [6, 6.07) is 0. The summed E-state index contributed by atoms with van der Waals surface area (Å²) in [4.78, 5) is 48.3. The predicted octanol–water partition coefficient (Wildman–Crippen LogP) is 1.39. The molecule has 3 aliphatic heterocycles. The number of ether oxygens (including phenoxy) is 5. The van der Waals surface area contributed by atoms with Crippen LogP contribution in [0.2, 0.25) is 0 Å². The van der Waals surface area contributed by atoms with Crippen LogP contribution in [-0.2, 0) is 42.9 Å². The minimum absolute atomic E-state index is 0.143. The molecule has 0 aromatic carbocycles. The first-order chi connectivity index (χ1) is 16.0. The van der Waals surface area contributed by atoms with E-state index in [1.54, 1.807) is 6.92 Å². The first-order valence-corrected chi connectivity index (χ1v) is 11.3. The fraction of sp³-hybridized carbons (Fsp3) is 0.667. The second-order valence-corrected chi connectivity index (χ2v) is 9.23. The Kier molecular flexibility index (Phi) is 7.82. The predicted molar refractivity (Wildman–Crippen MR) is 116 cm³/mol. The quantitative estimate of drug-likeness (QED) is 0.337. The van der Waals surface area contributed by atoms with Gasteiger partial charge >= 0.3 is 23.9 Å². The maximum absolute atomic E-state index is 12.9. The Morgan fingerprint density at radius 1 is 1.18 bits per heavy atom. The summed E-state index contributed by atoms with van der Waals surface area (Å²) in [5.74, 6) is -3.71. The minimum Gasteiger partial charge on any atom is -0.462 e. The van der Waals surface area contributed by atoms with Crippen LogP contribution in [0.4, 0.5) is 0 Å². The summed E-state index contributed by atoms with van der Waals surface area (Å²) >= 11 is 0. The fourth-order valence-electron chi connectivity index (χ4n) is 5.02. The lowest BCUT2D eigenvalue weighted by Crippen LogP contribution is -2.47. The Labute approximate surface area is 198 Å². The molecule has 1 N–H and O–H groups in total. The van der Waals surface area contributed by atoms with Gasteiger partial charge in [-0.3, -0.25) is 9.59 Å². The second kappa shape index (κ2) is 10.3. The molecular weight excluding hydrogens is 448 g/mol. The van der Waals surface area contributed by atoms with Gasteiger partial charge in [-0.1, -0.05) is 12.7 Å². The summed E-state index contributed by atoms with van der Waals surface area (Å²) in [5, 5.41) is 10.2. The zero-order valence-electron chi connectivity index (χ0n) is 19.9. The molecule has 0 spiro atoms. The van der Waals surface area contributed by atoms with Gasteiger partial charge in [-0.15, -0.1) is 0 Å². The second-order valence-electron chi connectivity index (χ2n) is 9.23. The molecule has 2 bridgehead atoms. The average Bonchev–Trinajstić information content (AvgIpc) is 2.89. The number of aliphatic hydroxyl groups is 1. The van der Waals surface area contributed by atoms with Gasteiger partial charge in [0.1, 0.15) is 31.0 Å². The van der Waals surface area contributed by atoms with Gasteiger partial charge in [0.2, 0.25) is 0 Å². The van der Waals surface area contributed by atoms with E-state index in [0.717, 1.165) is 0 Å². The number of fused-ring (bicyclic) bond motifs is 4. The lowest BCUT2D eigenvalue weighted by Gasteiger charge is -2.34. The van der Waals surface area contributed by atoms with Gasteiger partial charge in [0, 0.05) is 31.8 Å². The monoisotopic (exact) mass is 480 g/mol. The normalized spacial score (nSPS) is 35.4. The van der Waals surface area contributed by atoms with Crippen LogP contribution in [0, 0.1) is 11.8 Å². The Balaban J connectivity index is 1.94. The van der Waals surface area contributed by atoms with Crippen LogP contribution in [0.3, 0.4) is 0 Å². The third kappa shape index (κ3) is 5.33. The summed E-state index contributed by atoms with van der Waals surface area (Å²) in [5.41, 5.74) is -0.522. The number of hydrogen-bond donors (Lipinski definition) is 1. The van der Waals surface area contributed by atoms with Crippen LogP contribution < -0.4 is 0 Å². The third-order valence-corrected chi connectivity index (χ3v) is 6.72. The number of hydrogen-bond acceptors (Lipinski definition) is 10. The molecule has 0 radical (unpaired) electrons. The highest BCUT2D eigenvalue weighted by molar-refractivity contribution is 5.92. The maximum Gasteiger partial charge on any atom is 0.337 e. The average molecular weight is 481 g/mol. The van der Waals surface area contributed by atoms with Crippen molar-refractivity contribution in [2.45, 2.75) is 77.0 Å². The molecule has 0 aliphatic carbocycles. The smallest absolute Gasteiger partial charge is 0.337 e.